The van der Waals surface area contributed by atoms with Crippen LogP contribution < -0.4 is 10.6 Å². The van der Waals surface area contributed by atoms with Gasteiger partial charge in [-0.25, -0.2) is 0 Å². The molecule has 3 aromatic heterocycles. The molecule has 48 heavy (non-hydrogen) atoms. The lowest BCUT2D eigenvalue weighted by molar-refractivity contribution is -0.114. The maximum absolute atomic E-state index is 12.5. The molecule has 5 aromatic rings. The second kappa shape index (κ2) is 14.7. The highest BCUT2D eigenvalue weighted by molar-refractivity contribution is 5.92. The molecule has 1 aliphatic rings. The Bertz CT molecular complexity index is 1910. The van der Waals surface area contributed by atoms with E-state index >= 15 is 0 Å². The van der Waals surface area contributed by atoms with E-state index in [2.05, 4.69) is 84.6 Å². The van der Waals surface area contributed by atoms with Crippen molar-refractivity contribution < 1.29 is 9.53 Å². The van der Waals surface area contributed by atoms with Gasteiger partial charge in [0.15, 0.2) is 11.4 Å². The van der Waals surface area contributed by atoms with Gasteiger partial charge in [-0.05, 0) is 99.7 Å². The van der Waals surface area contributed by atoms with Gasteiger partial charge in [0.2, 0.25) is 11.9 Å². The summed E-state index contributed by atoms with van der Waals surface area (Å²) in [5.74, 6) is 1.66. The van der Waals surface area contributed by atoms with Crippen LogP contribution in [0.3, 0.4) is 0 Å². The standard InChI is InChI=1S/C38H48N8O2/c1-25(2)32-24-40-46-36(32)42-37(41-29-13-15-31(48-6)16-14-29)43-38(46)39-23-33-26(3)9-7-11-35(33)45-20-18-28-21-27(12-17-34(28)45)22-30(47)10-8-19-44(4)5/h7-12,17-18,20-21,24-25,29,31H,13-16,19,22-23H2,1-6H3,(H2,39,41,42,43)/b10-8+. The van der Waals surface area contributed by atoms with Gasteiger partial charge in [0.05, 0.1) is 23.5 Å². The Hall–Kier alpha value is -4.54. The molecule has 2 aromatic carbocycles. The van der Waals surface area contributed by atoms with Crippen LogP contribution in [-0.4, -0.2) is 74.7 Å². The first kappa shape index (κ1) is 33.4. The van der Waals surface area contributed by atoms with Crippen molar-refractivity contribution in [1.29, 1.82) is 0 Å². The number of hydrogen-bond acceptors (Lipinski definition) is 8. The summed E-state index contributed by atoms with van der Waals surface area (Å²) in [5.41, 5.74) is 7.44. The van der Waals surface area contributed by atoms with Gasteiger partial charge in [-0.2, -0.15) is 19.6 Å². The van der Waals surface area contributed by atoms with E-state index in [1.54, 1.807) is 13.2 Å². The van der Waals surface area contributed by atoms with E-state index in [0.29, 0.717) is 37.0 Å². The number of methoxy groups -OCH3 is 1. The van der Waals surface area contributed by atoms with Crippen molar-refractivity contribution >= 4 is 34.2 Å². The van der Waals surface area contributed by atoms with Crippen LogP contribution in [0.15, 0.2) is 67.0 Å². The highest BCUT2D eigenvalue weighted by atomic mass is 16.5. The Morgan fingerprint density at radius 3 is 2.67 bits per heavy atom. The van der Waals surface area contributed by atoms with Gasteiger partial charge in [0.25, 0.3) is 0 Å². The van der Waals surface area contributed by atoms with E-state index in [-0.39, 0.29) is 11.7 Å². The maximum Gasteiger partial charge on any atom is 0.229 e. The van der Waals surface area contributed by atoms with Crippen LogP contribution in [-0.2, 0) is 22.5 Å². The Morgan fingerprint density at radius 2 is 1.92 bits per heavy atom. The molecule has 1 saturated carbocycles. The molecule has 10 heteroatoms. The summed E-state index contributed by atoms with van der Waals surface area (Å²) in [4.78, 5) is 24.5. The third kappa shape index (κ3) is 7.45. The number of fused-ring (bicyclic) bond motifs is 2. The van der Waals surface area contributed by atoms with Gasteiger partial charge in [-0.1, -0.05) is 38.1 Å². The number of carbonyl (C=O) groups is 1. The monoisotopic (exact) mass is 648 g/mol. The molecular weight excluding hydrogens is 600 g/mol. The molecule has 0 aliphatic heterocycles. The van der Waals surface area contributed by atoms with Gasteiger partial charge in [0, 0.05) is 49.8 Å². The van der Waals surface area contributed by atoms with Gasteiger partial charge >= 0.3 is 0 Å². The molecule has 0 saturated heterocycles. The minimum Gasteiger partial charge on any atom is -0.381 e. The van der Waals surface area contributed by atoms with Crippen LogP contribution in [0.5, 0.6) is 0 Å². The number of aryl methyl sites for hydroxylation is 1. The molecule has 0 spiro atoms. The normalized spacial score (nSPS) is 16.9. The number of likely N-dealkylation sites (N-methyl/N-ethyl adjacent to an activating group) is 1. The van der Waals surface area contributed by atoms with Crippen molar-refractivity contribution in [2.45, 2.75) is 77.5 Å². The van der Waals surface area contributed by atoms with E-state index in [4.69, 9.17) is 19.8 Å². The first-order chi connectivity index (χ1) is 23.2. The fraction of sp³-hybridized carbons (Fsp3) is 0.421. The summed E-state index contributed by atoms with van der Waals surface area (Å²) >= 11 is 0. The highest BCUT2D eigenvalue weighted by Gasteiger charge is 2.23. The lowest BCUT2D eigenvalue weighted by atomic mass is 9.93. The molecule has 1 fully saturated rings. The zero-order chi connectivity index (χ0) is 33.8. The SMILES string of the molecule is COC1CCC(Nc2nc(NCc3c(C)cccc3-n3ccc4cc(CC(=O)/C=C/CN(C)C)ccc43)n3ncc(C(C)C)c3n2)CC1. The molecular formula is C38H48N8O2. The Labute approximate surface area is 283 Å². The number of ketones is 1. The smallest absolute Gasteiger partial charge is 0.229 e. The van der Waals surface area contributed by atoms with Crippen molar-refractivity contribution in [2.75, 3.05) is 38.4 Å². The van der Waals surface area contributed by atoms with E-state index in [1.807, 2.05) is 35.8 Å². The van der Waals surface area contributed by atoms with Crippen molar-refractivity contribution in [3.05, 3.63) is 89.3 Å². The van der Waals surface area contributed by atoms with E-state index < -0.39 is 0 Å². The summed E-state index contributed by atoms with van der Waals surface area (Å²) < 4.78 is 9.63. The van der Waals surface area contributed by atoms with Gasteiger partial charge < -0.3 is 24.8 Å². The topological polar surface area (TPSA) is 102 Å². The van der Waals surface area contributed by atoms with Crippen LogP contribution in [0.4, 0.5) is 11.9 Å². The van der Waals surface area contributed by atoms with Crippen LogP contribution in [0.2, 0.25) is 0 Å². The summed E-state index contributed by atoms with van der Waals surface area (Å²) in [6.07, 6.45) is 12.4. The highest BCUT2D eigenvalue weighted by Crippen LogP contribution is 2.29. The van der Waals surface area contributed by atoms with Crippen molar-refractivity contribution in [3.63, 3.8) is 0 Å². The Morgan fingerprint density at radius 1 is 1.10 bits per heavy atom. The fourth-order valence-corrected chi connectivity index (χ4v) is 6.58. The average molecular weight is 649 g/mol. The lowest BCUT2D eigenvalue weighted by Crippen LogP contribution is -2.30. The number of ether oxygens (including phenoxy) is 1. The summed E-state index contributed by atoms with van der Waals surface area (Å²) in [5, 5.41) is 13.0. The van der Waals surface area contributed by atoms with E-state index in [0.717, 1.165) is 71.2 Å². The first-order valence-electron chi connectivity index (χ1n) is 17.0. The number of carbonyl (C=O) groups excluding carboxylic acids is 1. The first-order valence-corrected chi connectivity index (χ1v) is 17.0. The summed E-state index contributed by atoms with van der Waals surface area (Å²) in [7, 11) is 5.78. The Balaban J connectivity index is 1.26. The average Bonchev–Trinajstić information content (AvgIpc) is 3.69. The number of benzene rings is 2. The molecule has 0 unspecified atom stereocenters. The third-order valence-corrected chi connectivity index (χ3v) is 9.33. The molecule has 0 bridgehead atoms. The predicted octanol–water partition coefficient (Wildman–Crippen LogP) is 6.71. The van der Waals surface area contributed by atoms with E-state index in [9.17, 15) is 4.79 Å². The van der Waals surface area contributed by atoms with Gasteiger partial charge in [-0.3, -0.25) is 4.79 Å². The van der Waals surface area contributed by atoms with Crippen LogP contribution in [0.1, 0.15) is 67.7 Å². The number of aromatic nitrogens is 5. The molecule has 1 aliphatic carbocycles. The van der Waals surface area contributed by atoms with Crippen LogP contribution in [0, 0.1) is 6.92 Å². The molecule has 0 radical (unpaired) electrons. The van der Waals surface area contributed by atoms with Crippen LogP contribution in [0.25, 0.3) is 22.2 Å². The number of hydrogen-bond donors (Lipinski definition) is 2. The number of nitrogens with one attached hydrogen (secondary N) is 2. The second-order valence-electron chi connectivity index (χ2n) is 13.5. The second-order valence-corrected chi connectivity index (χ2v) is 13.5. The van der Waals surface area contributed by atoms with Crippen molar-refractivity contribution in [3.8, 4) is 5.69 Å². The van der Waals surface area contributed by atoms with Crippen molar-refractivity contribution in [1.82, 2.24) is 29.0 Å². The third-order valence-electron chi connectivity index (χ3n) is 9.33. The zero-order valence-electron chi connectivity index (χ0n) is 29.0. The maximum atomic E-state index is 12.5. The van der Waals surface area contributed by atoms with Gasteiger partial charge in [0.1, 0.15) is 0 Å². The Kier molecular flexibility index (Phi) is 10.2. The molecule has 6 rings (SSSR count). The summed E-state index contributed by atoms with van der Waals surface area (Å²) in [6.45, 7) is 7.77. The molecule has 3 heterocycles. The van der Waals surface area contributed by atoms with Gasteiger partial charge in [-0.15, -0.1) is 0 Å². The minimum atomic E-state index is 0.107. The number of nitrogens with zero attached hydrogens (tertiary/aromatic N) is 6. The number of rotatable bonds is 13. The molecule has 252 valence electrons. The lowest BCUT2D eigenvalue weighted by Gasteiger charge is -2.28. The number of anilines is 2. The number of allylic oxidation sites excluding steroid dienone is 1. The predicted molar refractivity (Wildman–Crippen MR) is 193 cm³/mol. The summed E-state index contributed by atoms with van der Waals surface area (Å²) in [6, 6.07) is 15.1. The quantitative estimate of drug-likeness (QED) is 0.136. The largest absolute Gasteiger partial charge is 0.381 e. The minimum absolute atomic E-state index is 0.107. The zero-order valence-corrected chi connectivity index (χ0v) is 29.0. The van der Waals surface area contributed by atoms with E-state index in [1.165, 1.54) is 5.56 Å². The molecule has 10 nitrogen and oxygen atoms in total. The van der Waals surface area contributed by atoms with Crippen LogP contribution >= 0.6 is 0 Å². The van der Waals surface area contributed by atoms with Crippen molar-refractivity contribution in [2.24, 2.45) is 0 Å². The molecule has 0 atom stereocenters. The molecule has 0 amide bonds. The molecule has 2 N–H and O–H groups in total. The fourth-order valence-electron chi connectivity index (χ4n) is 6.58.